The SMILES string of the molecule is Brc1cnc(CNC2CCC(C#CCN3CCCCC3)CC2)nc1. The molecule has 130 valence electrons. The lowest BCUT2D eigenvalue weighted by atomic mass is 9.86. The van der Waals surface area contributed by atoms with Crippen molar-refractivity contribution in [2.45, 2.75) is 57.5 Å². The van der Waals surface area contributed by atoms with Crippen molar-refractivity contribution >= 4 is 15.9 Å². The second kappa shape index (κ2) is 9.50. The minimum absolute atomic E-state index is 0.581. The van der Waals surface area contributed by atoms with Gasteiger partial charge < -0.3 is 5.32 Å². The molecule has 2 fully saturated rings. The first-order chi connectivity index (χ1) is 11.8. The summed E-state index contributed by atoms with van der Waals surface area (Å²) in [7, 11) is 0. The Labute approximate surface area is 154 Å². The van der Waals surface area contributed by atoms with Gasteiger partial charge in [0.15, 0.2) is 0 Å². The van der Waals surface area contributed by atoms with Crippen molar-refractivity contribution in [2.24, 2.45) is 5.92 Å². The summed E-state index contributed by atoms with van der Waals surface area (Å²) in [6.07, 6.45) is 12.5. The summed E-state index contributed by atoms with van der Waals surface area (Å²) >= 11 is 3.36. The molecule has 1 saturated carbocycles. The van der Waals surface area contributed by atoms with Crippen LogP contribution in [0.2, 0.25) is 0 Å². The van der Waals surface area contributed by atoms with Gasteiger partial charge in [-0.05, 0) is 67.5 Å². The van der Waals surface area contributed by atoms with Gasteiger partial charge in [-0.3, -0.25) is 4.90 Å². The number of piperidine rings is 1. The highest BCUT2D eigenvalue weighted by molar-refractivity contribution is 9.10. The van der Waals surface area contributed by atoms with E-state index in [1.807, 2.05) is 0 Å². The highest BCUT2D eigenvalue weighted by Gasteiger charge is 2.19. The van der Waals surface area contributed by atoms with Crippen molar-refractivity contribution in [2.75, 3.05) is 19.6 Å². The Bertz CT molecular complexity index is 549. The number of nitrogens with zero attached hydrogens (tertiary/aromatic N) is 3. The molecule has 0 atom stereocenters. The van der Waals surface area contributed by atoms with Crippen molar-refractivity contribution < 1.29 is 0 Å². The molecule has 0 unspecified atom stereocenters. The van der Waals surface area contributed by atoms with Crippen LogP contribution in [-0.4, -0.2) is 40.5 Å². The third-order valence-electron chi connectivity index (χ3n) is 5.01. The Hall–Kier alpha value is -0.960. The predicted octanol–water partition coefficient (Wildman–Crippen LogP) is 3.38. The van der Waals surface area contributed by atoms with Crippen LogP contribution in [0.3, 0.4) is 0 Å². The van der Waals surface area contributed by atoms with Crippen LogP contribution in [0.25, 0.3) is 0 Å². The molecule has 1 aliphatic heterocycles. The largest absolute Gasteiger partial charge is 0.307 e. The maximum atomic E-state index is 4.32. The molecule has 0 aromatic carbocycles. The molecule has 2 aliphatic rings. The van der Waals surface area contributed by atoms with Gasteiger partial charge in [-0.1, -0.05) is 18.3 Å². The van der Waals surface area contributed by atoms with E-state index in [2.05, 4.69) is 48.0 Å². The summed E-state index contributed by atoms with van der Waals surface area (Å²) < 4.78 is 0.926. The van der Waals surface area contributed by atoms with Gasteiger partial charge in [-0.15, -0.1) is 0 Å². The topological polar surface area (TPSA) is 41.1 Å². The van der Waals surface area contributed by atoms with E-state index in [4.69, 9.17) is 0 Å². The van der Waals surface area contributed by atoms with Crippen molar-refractivity contribution in [3.05, 3.63) is 22.7 Å². The molecule has 0 amide bonds. The van der Waals surface area contributed by atoms with Gasteiger partial charge in [0.2, 0.25) is 0 Å². The van der Waals surface area contributed by atoms with Crippen LogP contribution in [0.1, 0.15) is 50.8 Å². The predicted molar refractivity (Wildman–Crippen MR) is 100 cm³/mol. The smallest absolute Gasteiger partial charge is 0.142 e. The van der Waals surface area contributed by atoms with Crippen molar-refractivity contribution in [1.82, 2.24) is 20.2 Å². The Kier molecular flexibility index (Phi) is 7.07. The van der Waals surface area contributed by atoms with Crippen LogP contribution >= 0.6 is 15.9 Å². The number of nitrogens with one attached hydrogen (secondary N) is 1. The maximum absolute atomic E-state index is 4.32. The van der Waals surface area contributed by atoms with Gasteiger partial charge >= 0.3 is 0 Å². The molecule has 1 saturated heterocycles. The summed E-state index contributed by atoms with van der Waals surface area (Å²) in [5, 5.41) is 3.59. The van der Waals surface area contributed by atoms with Gasteiger partial charge in [0, 0.05) is 24.4 Å². The number of likely N-dealkylation sites (tertiary alicyclic amines) is 1. The normalized spacial score (nSPS) is 25.0. The average Bonchev–Trinajstić information content (AvgIpc) is 2.63. The molecule has 24 heavy (non-hydrogen) atoms. The fraction of sp³-hybridized carbons (Fsp3) is 0.684. The van der Waals surface area contributed by atoms with Gasteiger partial charge in [-0.2, -0.15) is 0 Å². The lowest BCUT2D eigenvalue weighted by Crippen LogP contribution is -2.33. The van der Waals surface area contributed by atoms with E-state index in [1.54, 1.807) is 12.4 Å². The fourth-order valence-electron chi connectivity index (χ4n) is 3.53. The first-order valence-electron chi connectivity index (χ1n) is 9.20. The Morgan fingerprint density at radius 1 is 1.08 bits per heavy atom. The zero-order valence-electron chi connectivity index (χ0n) is 14.3. The number of aromatic nitrogens is 2. The highest BCUT2D eigenvalue weighted by Crippen LogP contribution is 2.23. The van der Waals surface area contributed by atoms with Gasteiger partial charge in [-0.25, -0.2) is 9.97 Å². The van der Waals surface area contributed by atoms with Crippen LogP contribution < -0.4 is 5.32 Å². The maximum Gasteiger partial charge on any atom is 0.142 e. The van der Waals surface area contributed by atoms with Crippen LogP contribution in [0.15, 0.2) is 16.9 Å². The van der Waals surface area contributed by atoms with Gasteiger partial charge in [0.05, 0.1) is 17.6 Å². The van der Waals surface area contributed by atoms with Crippen molar-refractivity contribution in [3.63, 3.8) is 0 Å². The number of rotatable bonds is 4. The number of halogens is 1. The number of hydrogen-bond acceptors (Lipinski definition) is 4. The monoisotopic (exact) mass is 390 g/mol. The molecule has 1 N–H and O–H groups in total. The molecule has 1 aromatic heterocycles. The van der Waals surface area contributed by atoms with Crippen LogP contribution in [0.4, 0.5) is 0 Å². The molecule has 3 rings (SSSR count). The van der Waals surface area contributed by atoms with E-state index >= 15 is 0 Å². The molecule has 1 aromatic rings. The number of hydrogen-bond donors (Lipinski definition) is 1. The lowest BCUT2D eigenvalue weighted by Gasteiger charge is -2.26. The molecular formula is C19H27BrN4. The molecule has 2 heterocycles. The van der Waals surface area contributed by atoms with Crippen LogP contribution in [-0.2, 0) is 6.54 Å². The third-order valence-corrected chi connectivity index (χ3v) is 5.42. The molecule has 5 heteroatoms. The molecule has 1 aliphatic carbocycles. The molecule has 0 bridgehead atoms. The highest BCUT2D eigenvalue weighted by atomic mass is 79.9. The Balaban J connectivity index is 1.34. The van der Waals surface area contributed by atoms with E-state index in [0.717, 1.165) is 23.4 Å². The molecule has 0 radical (unpaired) electrons. The second-order valence-corrected chi connectivity index (χ2v) is 7.82. The third kappa shape index (κ3) is 5.84. The first kappa shape index (κ1) is 17.8. The zero-order chi connectivity index (χ0) is 16.6. The van der Waals surface area contributed by atoms with E-state index in [0.29, 0.717) is 12.0 Å². The Morgan fingerprint density at radius 3 is 2.50 bits per heavy atom. The molecule has 0 spiro atoms. The minimum atomic E-state index is 0.581. The molecule has 4 nitrogen and oxygen atoms in total. The summed E-state index contributed by atoms with van der Waals surface area (Å²) in [6, 6.07) is 0.581. The standard InChI is InChI=1S/C19H27BrN4/c20-17-13-22-19(23-14-17)15-21-18-8-6-16(7-9-18)5-4-12-24-10-2-1-3-11-24/h13-14,16,18,21H,1-3,6-12,15H2. The van der Waals surface area contributed by atoms with Crippen molar-refractivity contribution in [3.8, 4) is 11.8 Å². The first-order valence-corrected chi connectivity index (χ1v) is 9.99. The summed E-state index contributed by atoms with van der Waals surface area (Å²) in [6.45, 7) is 4.20. The van der Waals surface area contributed by atoms with E-state index in [9.17, 15) is 0 Å². The quantitative estimate of drug-likeness (QED) is 0.799. The summed E-state index contributed by atoms with van der Waals surface area (Å²) in [5.74, 6) is 8.41. The fourth-order valence-corrected chi connectivity index (χ4v) is 3.73. The average molecular weight is 391 g/mol. The van der Waals surface area contributed by atoms with Crippen molar-refractivity contribution in [1.29, 1.82) is 0 Å². The Morgan fingerprint density at radius 2 is 1.79 bits per heavy atom. The van der Waals surface area contributed by atoms with E-state index < -0.39 is 0 Å². The zero-order valence-corrected chi connectivity index (χ0v) is 15.9. The van der Waals surface area contributed by atoms with E-state index in [1.165, 1.54) is 58.0 Å². The van der Waals surface area contributed by atoms with Crippen LogP contribution in [0.5, 0.6) is 0 Å². The molecular weight excluding hydrogens is 364 g/mol. The van der Waals surface area contributed by atoms with Gasteiger partial charge in [0.1, 0.15) is 5.82 Å². The van der Waals surface area contributed by atoms with E-state index in [-0.39, 0.29) is 0 Å². The van der Waals surface area contributed by atoms with Gasteiger partial charge in [0.25, 0.3) is 0 Å². The summed E-state index contributed by atoms with van der Waals surface area (Å²) in [5.41, 5.74) is 0. The summed E-state index contributed by atoms with van der Waals surface area (Å²) in [4.78, 5) is 11.1. The second-order valence-electron chi connectivity index (χ2n) is 6.90. The van der Waals surface area contributed by atoms with Crippen LogP contribution in [0, 0.1) is 17.8 Å². The lowest BCUT2D eigenvalue weighted by molar-refractivity contribution is 0.255. The minimum Gasteiger partial charge on any atom is -0.307 e.